The molecule has 0 radical (unpaired) electrons. The molecule has 1 aromatic heterocycles. The molecule has 1 aliphatic heterocycles. The van der Waals surface area contributed by atoms with Crippen LogP contribution in [0.25, 0.3) is 10.9 Å². The molecular formula is C17H15BrN3+. The van der Waals surface area contributed by atoms with Crippen LogP contribution in [0.3, 0.4) is 0 Å². The Labute approximate surface area is 131 Å². The third-order valence-electron chi connectivity index (χ3n) is 4.06. The van der Waals surface area contributed by atoms with Crippen LogP contribution in [0, 0.1) is 0 Å². The lowest BCUT2D eigenvalue weighted by atomic mass is 10.1. The molecule has 0 aliphatic carbocycles. The number of halogens is 1. The van der Waals surface area contributed by atoms with Crippen LogP contribution in [0.5, 0.6) is 0 Å². The van der Waals surface area contributed by atoms with Crippen molar-refractivity contribution < 1.29 is 4.98 Å². The summed E-state index contributed by atoms with van der Waals surface area (Å²) in [6.45, 7) is 0.956. The van der Waals surface area contributed by atoms with E-state index in [1.807, 2.05) is 12.1 Å². The van der Waals surface area contributed by atoms with Gasteiger partial charge >= 0.3 is 0 Å². The Hall–Kier alpha value is -2.07. The van der Waals surface area contributed by atoms with Gasteiger partial charge in [-0.25, -0.2) is 9.88 Å². The Morgan fingerprint density at radius 2 is 1.90 bits per heavy atom. The molecule has 2 heterocycles. The summed E-state index contributed by atoms with van der Waals surface area (Å²) < 4.78 is 1.05. The minimum absolute atomic E-state index is 0.887. The van der Waals surface area contributed by atoms with Crippen molar-refractivity contribution in [1.29, 1.82) is 0 Å². The predicted octanol–water partition coefficient (Wildman–Crippen LogP) is 3.69. The largest absolute Gasteiger partial charge is 0.398 e. The average Bonchev–Trinajstić information content (AvgIpc) is 2.93. The number of nitrogens with one attached hydrogen (secondary N) is 1. The van der Waals surface area contributed by atoms with Gasteiger partial charge in [0.1, 0.15) is 11.2 Å². The first-order valence-electron chi connectivity index (χ1n) is 6.99. The Bertz CT molecular complexity index is 830. The fourth-order valence-corrected chi connectivity index (χ4v) is 3.39. The zero-order valence-corrected chi connectivity index (χ0v) is 13.0. The number of rotatable bonds is 1. The topological polar surface area (TPSA) is 43.4 Å². The monoisotopic (exact) mass is 340 g/mol. The molecule has 0 spiro atoms. The summed E-state index contributed by atoms with van der Waals surface area (Å²) in [6.07, 6.45) is 0.967. The number of anilines is 3. The van der Waals surface area contributed by atoms with Crippen LogP contribution in [0.15, 0.2) is 53.0 Å². The number of hydrogen-bond acceptors (Lipinski definition) is 2. The van der Waals surface area contributed by atoms with Gasteiger partial charge < -0.3 is 5.73 Å². The van der Waals surface area contributed by atoms with Crippen LogP contribution < -0.4 is 15.6 Å². The molecule has 0 fully saturated rings. The first-order chi connectivity index (χ1) is 10.2. The number of nitrogens with zero attached hydrogens (tertiary/aromatic N) is 1. The number of H-pyrrole nitrogens is 1. The van der Waals surface area contributed by atoms with Crippen LogP contribution in [0.4, 0.5) is 17.2 Å². The van der Waals surface area contributed by atoms with Gasteiger partial charge in [0.15, 0.2) is 0 Å². The van der Waals surface area contributed by atoms with Gasteiger partial charge in [0.05, 0.1) is 17.8 Å². The van der Waals surface area contributed by atoms with Crippen LogP contribution >= 0.6 is 15.9 Å². The van der Waals surface area contributed by atoms with Crippen molar-refractivity contribution in [2.24, 2.45) is 0 Å². The third kappa shape index (κ3) is 1.98. The number of nitrogens with two attached hydrogens (primary N) is 1. The number of para-hydroxylation sites is 1. The van der Waals surface area contributed by atoms with Gasteiger partial charge in [-0.3, -0.25) is 0 Å². The number of nitrogen functional groups attached to an aromatic ring is 1. The number of pyridine rings is 1. The van der Waals surface area contributed by atoms with Crippen molar-refractivity contribution >= 4 is 44.0 Å². The van der Waals surface area contributed by atoms with Gasteiger partial charge in [-0.05, 0) is 30.3 Å². The van der Waals surface area contributed by atoms with Crippen molar-refractivity contribution in [2.75, 3.05) is 17.2 Å². The molecule has 4 heteroatoms. The van der Waals surface area contributed by atoms with Crippen LogP contribution in [0.1, 0.15) is 5.56 Å². The number of fused-ring (bicyclic) bond motifs is 2. The maximum atomic E-state index is 6.41. The summed E-state index contributed by atoms with van der Waals surface area (Å²) in [5, 5.41) is 1.08. The zero-order chi connectivity index (χ0) is 14.4. The second-order valence-corrected chi connectivity index (χ2v) is 6.21. The van der Waals surface area contributed by atoms with E-state index in [9.17, 15) is 0 Å². The smallest absolute Gasteiger partial charge is 0.285 e. The standard InChI is InChI=1S/C17H14BrN3/c18-11-6-7-15-14(10-11)16(19)13-8-9-21(17(13)20-15)12-4-2-1-3-5-12/h1-7,10H,8-9H2,(H2,19,20)/p+1. The Balaban J connectivity index is 1.93. The second-order valence-electron chi connectivity index (χ2n) is 5.29. The lowest BCUT2D eigenvalue weighted by Crippen LogP contribution is -2.21. The molecule has 0 bridgehead atoms. The molecule has 0 atom stereocenters. The van der Waals surface area contributed by atoms with E-state index in [1.54, 1.807) is 0 Å². The highest BCUT2D eigenvalue weighted by molar-refractivity contribution is 9.10. The molecule has 2 aromatic carbocycles. The number of aromatic nitrogens is 1. The zero-order valence-electron chi connectivity index (χ0n) is 11.4. The minimum Gasteiger partial charge on any atom is -0.398 e. The van der Waals surface area contributed by atoms with E-state index in [2.05, 4.69) is 62.2 Å². The van der Waals surface area contributed by atoms with Gasteiger partial charge in [0, 0.05) is 16.3 Å². The molecule has 0 amide bonds. The van der Waals surface area contributed by atoms with E-state index in [0.29, 0.717) is 0 Å². The van der Waals surface area contributed by atoms with Crippen LogP contribution in [-0.2, 0) is 6.42 Å². The summed E-state index contributed by atoms with van der Waals surface area (Å²) in [5.41, 5.74) is 10.8. The maximum absolute atomic E-state index is 6.41. The molecule has 0 saturated heterocycles. The lowest BCUT2D eigenvalue weighted by molar-refractivity contribution is -0.329. The minimum atomic E-state index is 0.887. The molecule has 0 unspecified atom stereocenters. The fraction of sp³-hybridized carbons (Fsp3) is 0.118. The van der Waals surface area contributed by atoms with E-state index in [1.165, 1.54) is 11.3 Å². The van der Waals surface area contributed by atoms with E-state index in [4.69, 9.17) is 5.73 Å². The van der Waals surface area contributed by atoms with Crippen molar-refractivity contribution in [3.8, 4) is 0 Å². The van der Waals surface area contributed by atoms with Gasteiger partial charge in [-0.1, -0.05) is 34.1 Å². The predicted molar refractivity (Wildman–Crippen MR) is 89.8 cm³/mol. The highest BCUT2D eigenvalue weighted by Crippen LogP contribution is 2.37. The highest BCUT2D eigenvalue weighted by Gasteiger charge is 2.32. The third-order valence-corrected chi connectivity index (χ3v) is 4.55. The lowest BCUT2D eigenvalue weighted by Gasteiger charge is -2.11. The van der Waals surface area contributed by atoms with Crippen molar-refractivity contribution in [3.63, 3.8) is 0 Å². The summed E-state index contributed by atoms with van der Waals surface area (Å²) in [7, 11) is 0. The van der Waals surface area contributed by atoms with Gasteiger partial charge in [0.25, 0.3) is 5.82 Å². The van der Waals surface area contributed by atoms with E-state index >= 15 is 0 Å². The summed E-state index contributed by atoms with van der Waals surface area (Å²) in [6, 6.07) is 16.6. The van der Waals surface area contributed by atoms with Gasteiger partial charge in [-0.15, -0.1) is 0 Å². The molecule has 1 aliphatic rings. The van der Waals surface area contributed by atoms with Crippen LogP contribution in [0.2, 0.25) is 0 Å². The maximum Gasteiger partial charge on any atom is 0.285 e. The Morgan fingerprint density at radius 3 is 2.71 bits per heavy atom. The Morgan fingerprint density at radius 1 is 1.10 bits per heavy atom. The van der Waals surface area contributed by atoms with E-state index in [0.717, 1.165) is 39.8 Å². The van der Waals surface area contributed by atoms with Gasteiger partial charge in [0.2, 0.25) is 0 Å². The molecule has 104 valence electrons. The van der Waals surface area contributed by atoms with Crippen molar-refractivity contribution in [2.45, 2.75) is 6.42 Å². The number of benzene rings is 2. The Kier molecular flexibility index (Phi) is 2.86. The van der Waals surface area contributed by atoms with E-state index in [-0.39, 0.29) is 0 Å². The first-order valence-corrected chi connectivity index (χ1v) is 7.79. The second kappa shape index (κ2) is 4.74. The number of hydrogen-bond donors (Lipinski definition) is 1. The molecular weight excluding hydrogens is 326 g/mol. The molecule has 3 nitrogen and oxygen atoms in total. The van der Waals surface area contributed by atoms with Crippen LogP contribution in [-0.4, -0.2) is 6.54 Å². The van der Waals surface area contributed by atoms with Crippen molar-refractivity contribution in [3.05, 3.63) is 58.6 Å². The number of aromatic amines is 1. The van der Waals surface area contributed by atoms with Gasteiger partial charge in [-0.2, -0.15) is 0 Å². The average molecular weight is 341 g/mol. The quantitative estimate of drug-likeness (QED) is 0.734. The molecule has 4 rings (SSSR count). The first kappa shape index (κ1) is 12.7. The molecule has 3 N–H and O–H groups in total. The van der Waals surface area contributed by atoms with E-state index < -0.39 is 0 Å². The molecule has 0 saturated carbocycles. The summed E-state index contributed by atoms with van der Waals surface area (Å²) >= 11 is 3.52. The molecule has 21 heavy (non-hydrogen) atoms. The highest BCUT2D eigenvalue weighted by atomic mass is 79.9. The SMILES string of the molecule is Nc1c2c([nH+]c3ccc(Br)cc13)N(c1ccccc1)CC2. The summed E-state index contributed by atoms with van der Waals surface area (Å²) in [5.74, 6) is 1.12. The fourth-order valence-electron chi connectivity index (χ4n) is 3.03. The molecule has 3 aromatic rings. The van der Waals surface area contributed by atoms with Crippen molar-refractivity contribution in [1.82, 2.24) is 0 Å². The normalized spacial score (nSPS) is 13.7. The summed E-state index contributed by atoms with van der Waals surface area (Å²) in [4.78, 5) is 5.85.